The Balaban J connectivity index is 1.71. The molecule has 9 heteroatoms. The maximum Gasteiger partial charge on any atom is 0.275 e. The van der Waals surface area contributed by atoms with Crippen molar-refractivity contribution in [3.8, 4) is 0 Å². The van der Waals surface area contributed by atoms with Gasteiger partial charge in [-0.3, -0.25) is 4.79 Å². The van der Waals surface area contributed by atoms with E-state index in [9.17, 15) is 4.79 Å². The second-order valence-corrected chi connectivity index (χ2v) is 8.96. The van der Waals surface area contributed by atoms with E-state index >= 15 is 0 Å². The van der Waals surface area contributed by atoms with Gasteiger partial charge in [-0.05, 0) is 33.3 Å². The normalized spacial score (nSPS) is 11.7. The molecule has 0 aliphatic rings. The number of thiophene rings is 1. The van der Waals surface area contributed by atoms with Crippen molar-refractivity contribution < 1.29 is 0 Å². The smallest absolute Gasteiger partial charge is 0.267 e. The zero-order chi connectivity index (χ0) is 17.7. The lowest BCUT2D eigenvalue weighted by Crippen LogP contribution is -2.14. The van der Waals surface area contributed by atoms with Crippen LogP contribution in [-0.2, 0) is 5.75 Å². The SMILES string of the molecule is Cc1cc(=O)n2nc(CSc3nc(C)nc4sc(C)c(C)c34)sc2n1. The van der Waals surface area contributed by atoms with Gasteiger partial charge in [0, 0.05) is 22.0 Å². The molecular weight excluding hydrogens is 374 g/mol. The number of thioether (sulfide) groups is 1. The van der Waals surface area contributed by atoms with Crippen molar-refractivity contribution in [2.24, 2.45) is 0 Å². The zero-order valence-corrected chi connectivity index (χ0v) is 16.6. The summed E-state index contributed by atoms with van der Waals surface area (Å²) in [6, 6.07) is 1.50. The minimum atomic E-state index is -0.139. The van der Waals surface area contributed by atoms with Crippen molar-refractivity contribution in [1.82, 2.24) is 24.6 Å². The van der Waals surface area contributed by atoms with Crippen molar-refractivity contribution in [2.45, 2.75) is 38.5 Å². The van der Waals surface area contributed by atoms with Crippen LogP contribution in [0, 0.1) is 27.7 Å². The van der Waals surface area contributed by atoms with Crippen LogP contribution in [0.2, 0.25) is 0 Å². The standard InChI is InChI=1S/C16H15N5OS3/c1-7-5-12(22)21-16(17-7)25-11(20-21)6-23-14-13-8(2)9(3)24-15(13)19-10(4)18-14/h5H,6H2,1-4H3. The summed E-state index contributed by atoms with van der Waals surface area (Å²) in [5, 5.41) is 7.36. The maximum absolute atomic E-state index is 12.0. The first-order valence-corrected chi connectivity index (χ1v) is 10.3. The maximum atomic E-state index is 12.0. The van der Waals surface area contributed by atoms with E-state index in [2.05, 4.69) is 33.9 Å². The average molecular weight is 390 g/mol. The van der Waals surface area contributed by atoms with Gasteiger partial charge in [-0.1, -0.05) is 23.1 Å². The van der Waals surface area contributed by atoms with E-state index in [-0.39, 0.29) is 5.56 Å². The van der Waals surface area contributed by atoms with Gasteiger partial charge < -0.3 is 0 Å². The van der Waals surface area contributed by atoms with E-state index in [0.717, 1.165) is 26.1 Å². The van der Waals surface area contributed by atoms with Gasteiger partial charge in [0.25, 0.3) is 5.56 Å². The molecule has 4 aromatic heterocycles. The molecule has 0 fully saturated rings. The van der Waals surface area contributed by atoms with Crippen molar-refractivity contribution in [1.29, 1.82) is 0 Å². The van der Waals surface area contributed by atoms with Crippen molar-refractivity contribution in [3.63, 3.8) is 0 Å². The van der Waals surface area contributed by atoms with E-state index in [4.69, 9.17) is 0 Å². The van der Waals surface area contributed by atoms with Gasteiger partial charge in [0.2, 0.25) is 4.96 Å². The number of aromatic nitrogens is 5. The Bertz CT molecular complexity index is 1170. The quantitative estimate of drug-likeness (QED) is 0.393. The number of hydrogen-bond acceptors (Lipinski definition) is 8. The Morgan fingerprint density at radius 2 is 1.92 bits per heavy atom. The van der Waals surface area contributed by atoms with Crippen LogP contribution in [0.1, 0.15) is 27.0 Å². The first-order chi connectivity index (χ1) is 11.9. The van der Waals surface area contributed by atoms with E-state index in [1.54, 1.807) is 23.1 Å². The Labute approximate surface area is 156 Å². The number of nitrogens with zero attached hydrogens (tertiary/aromatic N) is 5. The molecule has 0 unspecified atom stereocenters. The van der Waals surface area contributed by atoms with Crippen molar-refractivity contribution >= 4 is 49.6 Å². The molecule has 0 saturated carbocycles. The summed E-state index contributed by atoms with van der Waals surface area (Å²) < 4.78 is 1.37. The molecule has 4 heterocycles. The predicted octanol–water partition coefficient (Wildman–Crippen LogP) is 3.68. The van der Waals surface area contributed by atoms with Crippen molar-refractivity contribution in [3.05, 3.63) is 43.4 Å². The third kappa shape index (κ3) is 2.96. The molecule has 4 aromatic rings. The Morgan fingerprint density at radius 3 is 2.72 bits per heavy atom. The van der Waals surface area contributed by atoms with Crippen LogP contribution in [0.5, 0.6) is 0 Å². The lowest BCUT2D eigenvalue weighted by Gasteiger charge is -2.03. The highest BCUT2D eigenvalue weighted by molar-refractivity contribution is 7.98. The number of fused-ring (bicyclic) bond motifs is 2. The van der Waals surface area contributed by atoms with E-state index in [0.29, 0.717) is 16.4 Å². The van der Waals surface area contributed by atoms with E-state index in [1.165, 1.54) is 32.4 Å². The summed E-state index contributed by atoms with van der Waals surface area (Å²) >= 11 is 4.78. The fourth-order valence-corrected chi connectivity index (χ4v) is 5.77. The van der Waals surface area contributed by atoms with E-state index < -0.39 is 0 Å². The van der Waals surface area contributed by atoms with Crippen LogP contribution in [-0.4, -0.2) is 24.6 Å². The Hall–Kier alpha value is -1.84. The first kappa shape index (κ1) is 16.6. The second kappa shape index (κ2) is 6.15. The summed E-state index contributed by atoms with van der Waals surface area (Å²) in [7, 11) is 0. The van der Waals surface area contributed by atoms with Gasteiger partial charge in [0.15, 0.2) is 0 Å². The molecule has 0 spiro atoms. The topological polar surface area (TPSA) is 73.0 Å². The van der Waals surface area contributed by atoms with Gasteiger partial charge in [-0.2, -0.15) is 9.61 Å². The minimum Gasteiger partial charge on any atom is -0.267 e. The largest absolute Gasteiger partial charge is 0.275 e. The van der Waals surface area contributed by atoms with Gasteiger partial charge in [0.05, 0.1) is 5.75 Å². The van der Waals surface area contributed by atoms with E-state index in [1.807, 2.05) is 13.8 Å². The molecule has 0 radical (unpaired) electrons. The first-order valence-electron chi connectivity index (χ1n) is 7.66. The fraction of sp³-hybridized carbons (Fsp3) is 0.312. The second-order valence-electron chi connectivity index (χ2n) is 5.75. The number of hydrogen-bond donors (Lipinski definition) is 0. The molecule has 0 amide bonds. The van der Waals surface area contributed by atoms with Gasteiger partial charge >= 0.3 is 0 Å². The van der Waals surface area contributed by atoms with Crippen LogP contribution < -0.4 is 5.56 Å². The molecular formula is C16H15N5OS3. The highest BCUT2D eigenvalue weighted by Gasteiger charge is 2.15. The molecule has 0 bridgehead atoms. The number of rotatable bonds is 3. The molecule has 25 heavy (non-hydrogen) atoms. The molecule has 128 valence electrons. The molecule has 0 saturated heterocycles. The summed E-state index contributed by atoms with van der Waals surface area (Å²) in [4.78, 5) is 28.5. The Morgan fingerprint density at radius 1 is 1.12 bits per heavy atom. The number of aryl methyl sites for hydroxylation is 4. The van der Waals surface area contributed by atoms with Crippen LogP contribution in [0.25, 0.3) is 15.2 Å². The zero-order valence-electron chi connectivity index (χ0n) is 14.2. The lowest BCUT2D eigenvalue weighted by atomic mass is 10.2. The third-order valence-electron chi connectivity index (χ3n) is 3.85. The van der Waals surface area contributed by atoms with Gasteiger partial charge in [0.1, 0.15) is 20.7 Å². The van der Waals surface area contributed by atoms with Crippen LogP contribution >= 0.6 is 34.4 Å². The van der Waals surface area contributed by atoms with Crippen LogP contribution in [0.3, 0.4) is 0 Å². The molecule has 0 aliphatic carbocycles. The van der Waals surface area contributed by atoms with Gasteiger partial charge in [-0.15, -0.1) is 11.3 Å². The average Bonchev–Trinajstić information content (AvgIpc) is 3.06. The van der Waals surface area contributed by atoms with Crippen molar-refractivity contribution in [2.75, 3.05) is 0 Å². The molecule has 0 N–H and O–H groups in total. The van der Waals surface area contributed by atoms with Crippen LogP contribution in [0.15, 0.2) is 15.9 Å². The lowest BCUT2D eigenvalue weighted by molar-refractivity contribution is 0.870. The molecule has 4 rings (SSSR count). The van der Waals surface area contributed by atoms with Crippen LogP contribution in [0.4, 0.5) is 0 Å². The summed E-state index contributed by atoms with van der Waals surface area (Å²) in [5.74, 6) is 1.42. The third-order valence-corrected chi connectivity index (χ3v) is 7.03. The summed E-state index contributed by atoms with van der Waals surface area (Å²) in [6.07, 6.45) is 0. The highest BCUT2D eigenvalue weighted by Crippen LogP contribution is 2.36. The molecule has 0 aromatic carbocycles. The molecule has 0 aliphatic heterocycles. The minimum absolute atomic E-state index is 0.139. The van der Waals surface area contributed by atoms with Gasteiger partial charge in [-0.25, -0.2) is 15.0 Å². The summed E-state index contributed by atoms with van der Waals surface area (Å²) in [6.45, 7) is 7.95. The molecule has 0 atom stereocenters. The monoisotopic (exact) mass is 389 g/mol. The fourth-order valence-electron chi connectivity index (χ4n) is 2.57. The Kier molecular flexibility index (Phi) is 4.09. The predicted molar refractivity (Wildman–Crippen MR) is 103 cm³/mol. The highest BCUT2D eigenvalue weighted by atomic mass is 32.2. The summed E-state index contributed by atoms with van der Waals surface area (Å²) in [5.41, 5.74) is 1.81. The molecule has 6 nitrogen and oxygen atoms in total.